The molecule has 21 nitrogen and oxygen atoms in total. The first kappa shape index (κ1) is 110. The lowest BCUT2D eigenvalue weighted by molar-refractivity contribution is -0.272. The van der Waals surface area contributed by atoms with Crippen LogP contribution in [0.1, 0.15) is 485 Å². The van der Waals surface area contributed by atoms with Crippen LogP contribution in [-0.2, 0) is 75.8 Å². The number of carbonyl (C=O) groups is 7. The van der Waals surface area contributed by atoms with Gasteiger partial charge in [0.15, 0.2) is 18.4 Å². The monoisotopic (exact) mass is 1670 g/mol. The van der Waals surface area contributed by atoms with Gasteiger partial charge in [0.1, 0.15) is 36.6 Å². The van der Waals surface area contributed by atoms with Gasteiger partial charge in [-0.25, -0.2) is 9.36 Å². The Bertz CT molecular complexity index is 2400. The first-order valence-corrected chi connectivity index (χ1v) is 50.0. The van der Waals surface area contributed by atoms with E-state index in [1.165, 1.54) is 173 Å². The molecular formula is C94H177N2O19P. The van der Waals surface area contributed by atoms with Gasteiger partial charge in [-0.15, -0.1) is 0 Å². The van der Waals surface area contributed by atoms with Crippen LogP contribution in [0.3, 0.4) is 0 Å². The Hall–Kier alpha value is -3.72. The molecule has 0 aromatic heterocycles. The maximum Gasteiger partial charge on any atom is 0.470 e. The van der Waals surface area contributed by atoms with Gasteiger partial charge in [0, 0.05) is 19.3 Å². The summed E-state index contributed by atoms with van der Waals surface area (Å²) in [5, 5.41) is 16.7. The van der Waals surface area contributed by atoms with Crippen molar-refractivity contribution in [3.8, 4) is 0 Å². The first-order valence-electron chi connectivity index (χ1n) is 48.4. The van der Waals surface area contributed by atoms with Crippen LogP contribution in [0, 0.1) is 0 Å². The van der Waals surface area contributed by atoms with E-state index < -0.39 is 131 Å². The molecule has 0 bridgehead atoms. The van der Waals surface area contributed by atoms with Gasteiger partial charge in [0.05, 0.1) is 39.6 Å². The van der Waals surface area contributed by atoms with Crippen LogP contribution in [0.15, 0.2) is 0 Å². The van der Waals surface area contributed by atoms with Crippen molar-refractivity contribution in [3.05, 3.63) is 0 Å². The molecule has 0 aliphatic carbocycles. The zero-order valence-corrected chi connectivity index (χ0v) is 76.1. The predicted molar refractivity (Wildman–Crippen MR) is 467 cm³/mol. The van der Waals surface area contributed by atoms with Gasteiger partial charge in [-0.1, -0.05) is 388 Å². The van der Waals surface area contributed by atoms with Crippen LogP contribution >= 0.6 is 7.82 Å². The second kappa shape index (κ2) is 78.5. The molecule has 2 amide bonds. The van der Waals surface area contributed by atoms with Crippen molar-refractivity contribution in [1.82, 2.24) is 10.6 Å². The lowest BCUT2D eigenvalue weighted by Crippen LogP contribution is -2.66. The quantitative estimate of drug-likeness (QED) is 0.0164. The molecule has 1 rings (SSSR count). The summed E-state index contributed by atoms with van der Waals surface area (Å²) in [7, 11) is -4.44. The van der Waals surface area contributed by atoms with Crippen LogP contribution in [0.25, 0.3) is 0 Å². The number of nitrogens with one attached hydrogen (secondary N) is 2. The van der Waals surface area contributed by atoms with Gasteiger partial charge in [-0.3, -0.25) is 33.3 Å². The number of hydrogen-bond acceptors (Lipinski definition) is 17. The molecule has 0 radical (unpaired) electrons. The topological polar surface area (TPSA) is 295 Å². The van der Waals surface area contributed by atoms with Crippen LogP contribution in [0.2, 0.25) is 0 Å². The van der Waals surface area contributed by atoms with E-state index >= 15 is 4.79 Å². The maximum absolute atomic E-state index is 15.0. The van der Waals surface area contributed by atoms with Crippen LogP contribution in [0.5, 0.6) is 0 Å². The number of hydrogen-bond donors (Lipinski definition) is 5. The van der Waals surface area contributed by atoms with Gasteiger partial charge in [0.25, 0.3) is 0 Å². The van der Waals surface area contributed by atoms with Crippen LogP contribution < -0.4 is 10.6 Å². The van der Waals surface area contributed by atoms with E-state index in [4.69, 9.17) is 37.7 Å². The van der Waals surface area contributed by atoms with Crippen molar-refractivity contribution in [1.29, 1.82) is 0 Å². The van der Waals surface area contributed by atoms with E-state index in [1.54, 1.807) is 0 Å². The number of aliphatic hydroxyl groups is 1. The maximum atomic E-state index is 15.0. The summed E-state index contributed by atoms with van der Waals surface area (Å²) in [5.74, 6) is -4.70. The molecule has 0 spiro atoms. The Kier molecular flexibility index (Phi) is 74.7. The number of ether oxygens (including phenoxy) is 7. The molecule has 9 atom stereocenters. The smallest absolute Gasteiger partial charge is 0.467 e. The van der Waals surface area contributed by atoms with Crippen molar-refractivity contribution in [3.63, 3.8) is 0 Å². The standard InChI is InChI=1S/C94H177N2O19P/c1-8-14-20-26-32-38-41-47-53-59-65-71-86(100)110-79(68-62-56-50-44-35-29-23-17-11-4)74-84(98)95-82(93(104)108-7)78-109-94-90(96-85(99)75-80(69-63-57-51-45-36-30-24-18-12-5)111-87(101)72-66-60-54-48-42-39-33-27-21-15-9-2)92(91(83(77-97)113-94)115-116(105,106)107)114-89(103)76-81(70-64-58-52-46-37-31-25-19-13-6)112-88(102)73-67-61-55-49-43-40-34-28-22-16-10-3/h79-83,90-92,94,97H,8-78H2,1-7H3,(H,95,98)(H,96,99)(H2,105,106,107)/t79-,80-,81-,82+,83-,90+,91-,92+,94-/m1/s1. The fourth-order valence-corrected chi connectivity index (χ4v) is 16.3. The highest BCUT2D eigenvalue weighted by atomic mass is 31.2. The third-order valence-corrected chi connectivity index (χ3v) is 23.4. The third-order valence-electron chi connectivity index (χ3n) is 22.9. The minimum absolute atomic E-state index is 0.137. The lowest BCUT2D eigenvalue weighted by Gasteiger charge is -2.45. The van der Waals surface area contributed by atoms with Crippen molar-refractivity contribution in [2.45, 2.75) is 540 Å². The summed E-state index contributed by atoms with van der Waals surface area (Å²) in [4.78, 5) is 121. The van der Waals surface area contributed by atoms with Crippen molar-refractivity contribution in [2.75, 3.05) is 20.3 Å². The molecule has 0 unspecified atom stereocenters. The molecule has 5 N–H and O–H groups in total. The molecule has 0 aromatic rings. The average Bonchev–Trinajstić information content (AvgIpc) is 0.779. The number of phosphoric ester groups is 1. The van der Waals surface area contributed by atoms with Gasteiger partial charge in [-0.2, -0.15) is 0 Å². The highest BCUT2D eigenvalue weighted by Gasteiger charge is 2.53. The Morgan fingerprint density at radius 1 is 0.362 bits per heavy atom. The number of esters is 5. The number of rotatable bonds is 85. The van der Waals surface area contributed by atoms with E-state index in [2.05, 4.69) is 52.2 Å². The fraction of sp³-hybridized carbons (Fsp3) is 0.926. The highest BCUT2D eigenvalue weighted by Crippen LogP contribution is 2.43. The Morgan fingerprint density at radius 3 is 0.922 bits per heavy atom. The van der Waals surface area contributed by atoms with Crippen LogP contribution in [0.4, 0.5) is 0 Å². The Labute approximate surface area is 707 Å². The second-order valence-corrected chi connectivity index (χ2v) is 35.2. The lowest BCUT2D eigenvalue weighted by atomic mass is 9.95. The van der Waals surface area contributed by atoms with Crippen molar-refractivity contribution >= 4 is 49.5 Å². The van der Waals surface area contributed by atoms with Crippen LogP contribution in [-0.4, -0.2) is 132 Å². The molecule has 1 aliphatic heterocycles. The summed E-state index contributed by atoms with van der Waals surface area (Å²) in [6.45, 7) is 11.5. The van der Waals surface area contributed by atoms with E-state index in [-0.39, 0.29) is 25.7 Å². The van der Waals surface area contributed by atoms with Gasteiger partial charge in [-0.05, 0) is 57.8 Å². The molecule has 682 valence electrons. The summed E-state index contributed by atoms with van der Waals surface area (Å²) < 4.78 is 61.1. The van der Waals surface area contributed by atoms with Gasteiger partial charge >= 0.3 is 37.7 Å². The Balaban J connectivity index is 3.87. The Morgan fingerprint density at radius 2 is 0.638 bits per heavy atom. The number of phosphoric acid groups is 1. The fourth-order valence-electron chi connectivity index (χ4n) is 15.8. The van der Waals surface area contributed by atoms with E-state index in [9.17, 15) is 48.2 Å². The molecule has 1 saturated heterocycles. The molecule has 0 aromatic carbocycles. The number of amides is 2. The SMILES string of the molecule is CCCCCCCCCCCCCC(=O)O[C@H](CCCCCCCCCCC)CC(=O)N[C@@H]1[C@H](OC[C@H](NC(=O)C[C@@H](CCCCCCCCCCC)OC(=O)CCCCCCCCCCCCC)C(=O)OC)O[C@H](CO)[C@@H](OP(=O)(O)O)[C@H]1OC(=O)C[C@@H](CCCCCCCCCCC)OC(=O)CCCCCCCCCCCCC. The molecule has 116 heavy (non-hydrogen) atoms. The second-order valence-electron chi connectivity index (χ2n) is 34.0. The van der Waals surface area contributed by atoms with E-state index in [0.717, 1.165) is 180 Å². The van der Waals surface area contributed by atoms with Crippen molar-refractivity contribution in [2.24, 2.45) is 0 Å². The van der Waals surface area contributed by atoms with Crippen molar-refractivity contribution < 1.29 is 90.7 Å². The highest BCUT2D eigenvalue weighted by molar-refractivity contribution is 7.46. The summed E-state index contributed by atoms with van der Waals surface area (Å²) >= 11 is 0. The normalized spacial score (nSPS) is 16.7. The summed E-state index contributed by atoms with van der Waals surface area (Å²) in [5.41, 5.74) is 0. The molecule has 1 heterocycles. The zero-order chi connectivity index (χ0) is 85.0. The van der Waals surface area contributed by atoms with E-state index in [0.29, 0.717) is 57.8 Å². The zero-order valence-electron chi connectivity index (χ0n) is 75.2. The summed E-state index contributed by atoms with van der Waals surface area (Å²) in [6.07, 6.45) is 54.7. The van der Waals surface area contributed by atoms with Gasteiger partial charge < -0.3 is 58.7 Å². The third kappa shape index (κ3) is 65.1. The minimum atomic E-state index is -5.57. The molecule has 1 aliphatic rings. The molecule has 1 fully saturated rings. The molecular weight excluding hydrogens is 1490 g/mol. The van der Waals surface area contributed by atoms with E-state index in [1.807, 2.05) is 0 Å². The number of unbranched alkanes of at least 4 members (excludes halogenated alkanes) is 54. The number of aliphatic hydroxyl groups excluding tert-OH is 1. The molecule has 0 saturated carbocycles. The average molecular weight is 1670 g/mol. The van der Waals surface area contributed by atoms with Gasteiger partial charge in [0.2, 0.25) is 11.8 Å². The number of methoxy groups -OCH3 is 1. The first-order chi connectivity index (χ1) is 56.4. The number of carbonyl (C=O) groups excluding carboxylic acids is 7. The molecule has 22 heteroatoms. The minimum Gasteiger partial charge on any atom is -0.467 e. The summed E-state index contributed by atoms with van der Waals surface area (Å²) in [6, 6.07) is -3.33. The largest absolute Gasteiger partial charge is 0.470 e. The predicted octanol–water partition coefficient (Wildman–Crippen LogP) is 24.0.